The monoisotopic (exact) mass is 229 g/mol. The Morgan fingerprint density at radius 2 is 2.00 bits per heavy atom. The molecule has 0 aromatic heterocycles. The predicted molar refractivity (Wildman–Crippen MR) is 66.7 cm³/mol. The molecule has 3 nitrogen and oxygen atoms in total. The van der Waals surface area contributed by atoms with Crippen molar-refractivity contribution in [2.45, 2.75) is 52.7 Å². The molecule has 0 heterocycles. The van der Waals surface area contributed by atoms with Crippen molar-refractivity contribution in [3.63, 3.8) is 0 Å². The Labute approximate surface area is 99.9 Å². The molecule has 16 heavy (non-hydrogen) atoms. The molecule has 1 saturated carbocycles. The van der Waals surface area contributed by atoms with Crippen LogP contribution in [-0.4, -0.2) is 38.5 Å². The van der Waals surface area contributed by atoms with Gasteiger partial charge in [0.25, 0.3) is 0 Å². The molecule has 1 rings (SSSR count). The van der Waals surface area contributed by atoms with E-state index in [0.29, 0.717) is 17.6 Å². The van der Waals surface area contributed by atoms with Crippen LogP contribution in [0.5, 0.6) is 0 Å². The molecule has 0 aliphatic heterocycles. The van der Waals surface area contributed by atoms with E-state index in [4.69, 9.17) is 9.47 Å². The predicted octanol–water partition coefficient (Wildman–Crippen LogP) is 2.21. The van der Waals surface area contributed by atoms with Gasteiger partial charge in [0.05, 0.1) is 19.3 Å². The third-order valence-corrected chi connectivity index (χ3v) is 3.94. The molecule has 0 aromatic carbocycles. The molecule has 0 bridgehead atoms. The summed E-state index contributed by atoms with van der Waals surface area (Å²) in [5, 5.41) is 3.54. The quantitative estimate of drug-likeness (QED) is 0.647. The highest BCUT2D eigenvalue weighted by molar-refractivity contribution is 5.04. The fourth-order valence-electron chi connectivity index (χ4n) is 2.51. The second-order valence-electron chi connectivity index (χ2n) is 4.76. The molecule has 1 fully saturated rings. The second-order valence-corrected chi connectivity index (χ2v) is 4.76. The minimum atomic E-state index is 0.308. The van der Waals surface area contributed by atoms with Crippen molar-refractivity contribution < 1.29 is 9.47 Å². The maximum atomic E-state index is 5.90. The number of hydrogen-bond acceptors (Lipinski definition) is 3. The van der Waals surface area contributed by atoms with Crippen LogP contribution in [0.1, 0.15) is 40.5 Å². The van der Waals surface area contributed by atoms with Crippen LogP contribution in [-0.2, 0) is 9.47 Å². The first-order valence-corrected chi connectivity index (χ1v) is 6.61. The Bertz CT molecular complexity index is 198. The molecule has 3 unspecified atom stereocenters. The van der Waals surface area contributed by atoms with Crippen molar-refractivity contribution in [3.8, 4) is 0 Å². The summed E-state index contributed by atoms with van der Waals surface area (Å²) in [4.78, 5) is 0. The highest BCUT2D eigenvalue weighted by Gasteiger charge is 2.50. The minimum absolute atomic E-state index is 0.308. The van der Waals surface area contributed by atoms with Crippen LogP contribution in [0.25, 0.3) is 0 Å². The molecule has 1 aliphatic carbocycles. The molecule has 0 amide bonds. The van der Waals surface area contributed by atoms with Crippen LogP contribution in [0.15, 0.2) is 0 Å². The molecule has 0 aromatic rings. The second kappa shape index (κ2) is 6.58. The normalized spacial score (nSPS) is 33.8. The summed E-state index contributed by atoms with van der Waals surface area (Å²) < 4.78 is 11.2. The van der Waals surface area contributed by atoms with E-state index < -0.39 is 0 Å². The van der Waals surface area contributed by atoms with Gasteiger partial charge >= 0.3 is 0 Å². The third-order valence-electron chi connectivity index (χ3n) is 3.94. The first kappa shape index (κ1) is 13.9. The van der Waals surface area contributed by atoms with Crippen LogP contribution < -0.4 is 5.32 Å². The van der Waals surface area contributed by atoms with Crippen molar-refractivity contribution in [1.29, 1.82) is 0 Å². The Morgan fingerprint density at radius 3 is 2.56 bits per heavy atom. The summed E-state index contributed by atoms with van der Waals surface area (Å²) in [6, 6.07) is 0.625. The maximum Gasteiger partial charge on any atom is 0.0704 e. The Balaban J connectivity index is 2.28. The summed E-state index contributed by atoms with van der Waals surface area (Å²) >= 11 is 0. The van der Waals surface area contributed by atoms with Gasteiger partial charge in [-0.3, -0.25) is 0 Å². The lowest BCUT2D eigenvalue weighted by atomic mass is 9.61. The van der Waals surface area contributed by atoms with E-state index >= 15 is 0 Å². The van der Waals surface area contributed by atoms with Crippen molar-refractivity contribution in [2.24, 2.45) is 5.41 Å². The smallest absolute Gasteiger partial charge is 0.0704 e. The SMILES string of the molecule is CCNC1CC(OCCOCC)C1(C)CC. The lowest BCUT2D eigenvalue weighted by Gasteiger charge is -2.53. The minimum Gasteiger partial charge on any atom is -0.379 e. The van der Waals surface area contributed by atoms with Gasteiger partial charge in [0.15, 0.2) is 0 Å². The fourth-order valence-corrected chi connectivity index (χ4v) is 2.51. The van der Waals surface area contributed by atoms with Gasteiger partial charge in [-0.15, -0.1) is 0 Å². The van der Waals surface area contributed by atoms with Gasteiger partial charge in [-0.25, -0.2) is 0 Å². The van der Waals surface area contributed by atoms with Gasteiger partial charge in [0.1, 0.15) is 0 Å². The zero-order chi connectivity index (χ0) is 12.0. The van der Waals surface area contributed by atoms with Gasteiger partial charge < -0.3 is 14.8 Å². The molecule has 0 radical (unpaired) electrons. The van der Waals surface area contributed by atoms with Gasteiger partial charge in [-0.2, -0.15) is 0 Å². The molecule has 0 saturated heterocycles. The van der Waals surface area contributed by atoms with E-state index in [-0.39, 0.29) is 0 Å². The first-order chi connectivity index (χ1) is 7.69. The molecule has 3 atom stereocenters. The molecular formula is C13H27NO2. The molecule has 1 N–H and O–H groups in total. The molecule has 3 heteroatoms. The highest BCUT2D eigenvalue weighted by Crippen LogP contribution is 2.45. The average Bonchev–Trinajstić information content (AvgIpc) is 2.30. The van der Waals surface area contributed by atoms with Crippen LogP contribution in [0, 0.1) is 5.41 Å². The summed E-state index contributed by atoms with van der Waals surface area (Å²) in [5.41, 5.74) is 0.308. The van der Waals surface area contributed by atoms with Gasteiger partial charge in [-0.05, 0) is 26.3 Å². The molecular weight excluding hydrogens is 202 g/mol. The van der Waals surface area contributed by atoms with Gasteiger partial charge in [0.2, 0.25) is 0 Å². The Morgan fingerprint density at radius 1 is 1.25 bits per heavy atom. The summed E-state index contributed by atoms with van der Waals surface area (Å²) in [6.07, 6.45) is 2.72. The molecule has 96 valence electrons. The lowest BCUT2D eigenvalue weighted by Crippen LogP contribution is -2.62. The molecule has 1 aliphatic rings. The van der Waals surface area contributed by atoms with Crippen molar-refractivity contribution in [2.75, 3.05) is 26.4 Å². The van der Waals surface area contributed by atoms with Gasteiger partial charge in [0, 0.05) is 18.1 Å². The topological polar surface area (TPSA) is 30.5 Å². The lowest BCUT2D eigenvalue weighted by molar-refractivity contribution is -0.136. The first-order valence-electron chi connectivity index (χ1n) is 6.61. The maximum absolute atomic E-state index is 5.90. The van der Waals surface area contributed by atoms with E-state index in [0.717, 1.165) is 32.8 Å². The number of rotatable bonds is 8. The number of nitrogens with one attached hydrogen (secondary N) is 1. The number of ether oxygens (including phenoxy) is 2. The van der Waals surface area contributed by atoms with E-state index in [1.165, 1.54) is 6.42 Å². The van der Waals surface area contributed by atoms with Crippen molar-refractivity contribution >= 4 is 0 Å². The van der Waals surface area contributed by atoms with E-state index in [2.05, 4.69) is 26.1 Å². The molecule has 0 spiro atoms. The van der Waals surface area contributed by atoms with E-state index in [9.17, 15) is 0 Å². The zero-order valence-corrected chi connectivity index (χ0v) is 11.2. The largest absolute Gasteiger partial charge is 0.379 e. The number of hydrogen-bond donors (Lipinski definition) is 1. The Kier molecular flexibility index (Phi) is 5.73. The van der Waals surface area contributed by atoms with Crippen LogP contribution in [0.2, 0.25) is 0 Å². The fraction of sp³-hybridized carbons (Fsp3) is 1.00. The summed E-state index contributed by atoms with van der Waals surface area (Å²) in [6.45, 7) is 12.0. The summed E-state index contributed by atoms with van der Waals surface area (Å²) in [5.74, 6) is 0. The highest BCUT2D eigenvalue weighted by atomic mass is 16.5. The van der Waals surface area contributed by atoms with E-state index in [1.807, 2.05) is 6.92 Å². The van der Waals surface area contributed by atoms with Gasteiger partial charge in [-0.1, -0.05) is 20.8 Å². The van der Waals surface area contributed by atoms with Crippen LogP contribution >= 0.6 is 0 Å². The third kappa shape index (κ3) is 2.96. The standard InChI is InChI=1S/C13H27NO2/c1-5-13(4)11(14-6-2)10-12(13)16-9-8-15-7-3/h11-12,14H,5-10H2,1-4H3. The van der Waals surface area contributed by atoms with Crippen molar-refractivity contribution in [1.82, 2.24) is 5.32 Å². The Hall–Kier alpha value is -0.120. The summed E-state index contributed by atoms with van der Waals surface area (Å²) in [7, 11) is 0. The van der Waals surface area contributed by atoms with Crippen LogP contribution in [0.3, 0.4) is 0 Å². The zero-order valence-electron chi connectivity index (χ0n) is 11.2. The van der Waals surface area contributed by atoms with Crippen molar-refractivity contribution in [3.05, 3.63) is 0 Å². The average molecular weight is 229 g/mol. The van der Waals surface area contributed by atoms with Crippen LogP contribution in [0.4, 0.5) is 0 Å². The van der Waals surface area contributed by atoms with E-state index in [1.54, 1.807) is 0 Å².